The van der Waals surface area contributed by atoms with Gasteiger partial charge in [0.05, 0.1) is 6.10 Å². The van der Waals surface area contributed by atoms with Gasteiger partial charge in [-0.25, -0.2) is 9.97 Å². The molecule has 0 radical (unpaired) electrons. The number of anilines is 2. The highest BCUT2D eigenvalue weighted by Gasteiger charge is 2.21. The molecule has 1 aliphatic rings. The smallest absolute Gasteiger partial charge is 0.134 e. The molecule has 0 amide bonds. The summed E-state index contributed by atoms with van der Waals surface area (Å²) in [6, 6.07) is 0. The van der Waals surface area contributed by atoms with Crippen LogP contribution in [0.4, 0.5) is 11.6 Å². The van der Waals surface area contributed by atoms with Crippen molar-refractivity contribution in [3.05, 3.63) is 11.9 Å². The van der Waals surface area contributed by atoms with E-state index >= 15 is 0 Å². The zero-order valence-corrected chi connectivity index (χ0v) is 12.7. The summed E-state index contributed by atoms with van der Waals surface area (Å²) in [4.78, 5) is 8.67. The number of hydrogen-bond acceptors (Lipinski definition) is 5. The summed E-state index contributed by atoms with van der Waals surface area (Å²) in [5.74, 6) is 2.70. The van der Waals surface area contributed by atoms with Crippen LogP contribution in [-0.4, -0.2) is 34.8 Å². The number of aliphatic hydroxyl groups excluding tert-OH is 1. The van der Waals surface area contributed by atoms with Gasteiger partial charge in [0.2, 0.25) is 0 Å². The van der Waals surface area contributed by atoms with Crippen molar-refractivity contribution in [2.24, 2.45) is 5.92 Å². The molecule has 0 bridgehead atoms. The molecule has 1 fully saturated rings. The van der Waals surface area contributed by atoms with Gasteiger partial charge in [0, 0.05) is 19.2 Å². The van der Waals surface area contributed by atoms with Crippen LogP contribution in [0.2, 0.25) is 0 Å². The van der Waals surface area contributed by atoms with E-state index in [1.165, 1.54) is 6.42 Å². The first-order valence-electron chi connectivity index (χ1n) is 7.56. The highest BCUT2D eigenvalue weighted by Crippen LogP contribution is 2.29. The summed E-state index contributed by atoms with van der Waals surface area (Å²) in [5, 5.41) is 16.3. The lowest BCUT2D eigenvalue weighted by Crippen LogP contribution is -2.25. The van der Waals surface area contributed by atoms with Gasteiger partial charge in [-0.1, -0.05) is 20.3 Å². The van der Waals surface area contributed by atoms with Crippen molar-refractivity contribution in [1.82, 2.24) is 9.97 Å². The molecule has 5 heteroatoms. The SMILES string of the molecule is CNc1ncnc(NCC2CCCC(O)C2)c1C(C)C. The van der Waals surface area contributed by atoms with Crippen molar-refractivity contribution in [3.63, 3.8) is 0 Å². The second kappa shape index (κ2) is 6.88. The van der Waals surface area contributed by atoms with Gasteiger partial charge in [-0.15, -0.1) is 0 Å². The Morgan fingerprint density at radius 3 is 2.70 bits per heavy atom. The fourth-order valence-corrected chi connectivity index (χ4v) is 2.97. The van der Waals surface area contributed by atoms with E-state index in [-0.39, 0.29) is 6.10 Å². The van der Waals surface area contributed by atoms with Crippen LogP contribution in [0.25, 0.3) is 0 Å². The molecule has 2 atom stereocenters. The van der Waals surface area contributed by atoms with Crippen LogP contribution in [0.5, 0.6) is 0 Å². The first kappa shape index (κ1) is 15.0. The largest absolute Gasteiger partial charge is 0.393 e. The lowest BCUT2D eigenvalue weighted by Gasteiger charge is -2.26. The molecule has 1 aromatic rings. The third-order valence-corrected chi connectivity index (χ3v) is 4.01. The molecule has 1 aromatic heterocycles. The molecule has 3 N–H and O–H groups in total. The Morgan fingerprint density at radius 2 is 2.05 bits per heavy atom. The normalized spacial score (nSPS) is 22.9. The maximum absolute atomic E-state index is 9.74. The molecular formula is C15H26N4O. The zero-order chi connectivity index (χ0) is 14.5. The third-order valence-electron chi connectivity index (χ3n) is 4.01. The lowest BCUT2D eigenvalue weighted by molar-refractivity contribution is 0.104. The molecular weight excluding hydrogens is 252 g/mol. The summed E-state index contributed by atoms with van der Waals surface area (Å²) in [6.07, 6.45) is 5.62. The summed E-state index contributed by atoms with van der Waals surface area (Å²) in [5.41, 5.74) is 1.13. The molecule has 2 unspecified atom stereocenters. The van der Waals surface area contributed by atoms with Gasteiger partial charge in [0.25, 0.3) is 0 Å². The number of aliphatic hydroxyl groups is 1. The van der Waals surface area contributed by atoms with Crippen molar-refractivity contribution in [3.8, 4) is 0 Å². The van der Waals surface area contributed by atoms with Crippen LogP contribution < -0.4 is 10.6 Å². The van der Waals surface area contributed by atoms with Gasteiger partial charge >= 0.3 is 0 Å². The van der Waals surface area contributed by atoms with Gasteiger partial charge in [-0.3, -0.25) is 0 Å². The van der Waals surface area contributed by atoms with Crippen LogP contribution in [0, 0.1) is 5.92 Å². The van der Waals surface area contributed by atoms with E-state index in [2.05, 4.69) is 34.4 Å². The maximum Gasteiger partial charge on any atom is 0.134 e. The first-order chi connectivity index (χ1) is 9.61. The molecule has 0 aliphatic heterocycles. The first-order valence-corrected chi connectivity index (χ1v) is 7.56. The Bertz CT molecular complexity index is 436. The number of nitrogens with zero attached hydrogens (tertiary/aromatic N) is 2. The fraction of sp³-hybridized carbons (Fsp3) is 0.733. The van der Waals surface area contributed by atoms with E-state index < -0.39 is 0 Å². The minimum atomic E-state index is -0.126. The topological polar surface area (TPSA) is 70.1 Å². The Balaban J connectivity index is 2.05. The quantitative estimate of drug-likeness (QED) is 0.772. The molecule has 2 rings (SSSR count). The molecule has 5 nitrogen and oxygen atoms in total. The third kappa shape index (κ3) is 3.60. The van der Waals surface area contributed by atoms with Crippen LogP contribution >= 0.6 is 0 Å². The second-order valence-electron chi connectivity index (χ2n) is 5.96. The van der Waals surface area contributed by atoms with E-state index in [9.17, 15) is 5.11 Å². The van der Waals surface area contributed by atoms with E-state index in [4.69, 9.17) is 0 Å². The van der Waals surface area contributed by atoms with Crippen LogP contribution in [0.15, 0.2) is 6.33 Å². The summed E-state index contributed by atoms with van der Waals surface area (Å²) in [6.45, 7) is 5.17. The highest BCUT2D eigenvalue weighted by atomic mass is 16.3. The van der Waals surface area contributed by atoms with Crippen molar-refractivity contribution in [2.75, 3.05) is 24.2 Å². The van der Waals surface area contributed by atoms with Gasteiger partial charge < -0.3 is 15.7 Å². The molecule has 0 saturated heterocycles. The Morgan fingerprint density at radius 1 is 1.30 bits per heavy atom. The standard InChI is InChI=1S/C15H26N4O/c1-10(2)13-14(16-3)18-9-19-15(13)17-8-11-5-4-6-12(20)7-11/h9-12,20H,4-8H2,1-3H3,(H2,16,17,18,19). The van der Waals surface area contributed by atoms with Gasteiger partial charge in [-0.2, -0.15) is 0 Å². The Labute approximate surface area is 121 Å². The minimum absolute atomic E-state index is 0.126. The van der Waals surface area contributed by atoms with Crippen molar-refractivity contribution >= 4 is 11.6 Å². The highest BCUT2D eigenvalue weighted by molar-refractivity contribution is 5.58. The van der Waals surface area contributed by atoms with Crippen molar-refractivity contribution in [1.29, 1.82) is 0 Å². The predicted octanol–water partition coefficient (Wildman–Crippen LogP) is 2.60. The minimum Gasteiger partial charge on any atom is -0.393 e. The fourth-order valence-electron chi connectivity index (χ4n) is 2.97. The molecule has 1 aliphatic carbocycles. The Kier molecular flexibility index (Phi) is 5.17. The number of hydrogen-bond donors (Lipinski definition) is 3. The molecule has 1 saturated carbocycles. The van der Waals surface area contributed by atoms with Gasteiger partial charge in [0.15, 0.2) is 0 Å². The van der Waals surface area contributed by atoms with E-state index in [0.29, 0.717) is 11.8 Å². The summed E-state index contributed by atoms with van der Waals surface area (Å²) >= 11 is 0. The number of aromatic nitrogens is 2. The maximum atomic E-state index is 9.74. The van der Waals surface area contributed by atoms with Crippen LogP contribution in [0.1, 0.15) is 51.0 Å². The van der Waals surface area contributed by atoms with Gasteiger partial charge in [-0.05, 0) is 31.1 Å². The molecule has 1 heterocycles. The van der Waals surface area contributed by atoms with Gasteiger partial charge in [0.1, 0.15) is 18.0 Å². The molecule has 0 aromatic carbocycles. The van der Waals surface area contributed by atoms with Crippen LogP contribution in [-0.2, 0) is 0 Å². The zero-order valence-electron chi connectivity index (χ0n) is 12.7. The Hall–Kier alpha value is -1.36. The van der Waals surface area contributed by atoms with Crippen LogP contribution in [0.3, 0.4) is 0 Å². The lowest BCUT2D eigenvalue weighted by atomic mass is 9.87. The number of rotatable bonds is 5. The van der Waals surface area contributed by atoms with E-state index in [1.807, 2.05) is 7.05 Å². The molecule has 112 valence electrons. The number of nitrogens with one attached hydrogen (secondary N) is 2. The predicted molar refractivity (Wildman–Crippen MR) is 82.1 cm³/mol. The summed E-state index contributed by atoms with van der Waals surface area (Å²) in [7, 11) is 1.88. The second-order valence-corrected chi connectivity index (χ2v) is 5.96. The van der Waals surface area contributed by atoms with E-state index in [0.717, 1.165) is 43.0 Å². The van der Waals surface area contributed by atoms with Crippen molar-refractivity contribution in [2.45, 2.75) is 51.6 Å². The monoisotopic (exact) mass is 278 g/mol. The average Bonchev–Trinajstić information content (AvgIpc) is 2.44. The average molecular weight is 278 g/mol. The molecule has 0 spiro atoms. The molecule has 20 heavy (non-hydrogen) atoms. The van der Waals surface area contributed by atoms with E-state index in [1.54, 1.807) is 6.33 Å². The van der Waals surface area contributed by atoms with Crippen molar-refractivity contribution < 1.29 is 5.11 Å². The summed E-state index contributed by atoms with van der Waals surface area (Å²) < 4.78 is 0.